The molecule has 0 heterocycles. The maximum absolute atomic E-state index is 12.9. The number of amides is 1. The van der Waals surface area contributed by atoms with E-state index >= 15 is 0 Å². The Morgan fingerprint density at radius 3 is 2.04 bits per heavy atom. The van der Waals surface area contributed by atoms with E-state index in [1.54, 1.807) is 60.7 Å². The van der Waals surface area contributed by atoms with Gasteiger partial charge in [-0.3, -0.25) is 4.79 Å². The third-order valence-corrected chi connectivity index (χ3v) is 4.70. The van der Waals surface area contributed by atoms with Crippen molar-refractivity contribution in [2.24, 2.45) is 5.10 Å². The van der Waals surface area contributed by atoms with Gasteiger partial charge in [-0.15, -0.1) is 0 Å². The fourth-order valence-corrected chi connectivity index (χ4v) is 3.03. The topological polar surface area (TPSA) is 81.9 Å². The molecule has 6 heteroatoms. The number of carbonyl (C=O) groups excluding carboxylic acids is 1. The highest BCUT2D eigenvalue weighted by Gasteiger charge is 2.39. The van der Waals surface area contributed by atoms with Gasteiger partial charge < -0.3 is 10.2 Å². The Kier molecular flexibility index (Phi) is 5.69. The lowest BCUT2D eigenvalue weighted by molar-refractivity contribution is -0.136. The van der Waals surface area contributed by atoms with Crippen LogP contribution in [0, 0.1) is 0 Å². The van der Waals surface area contributed by atoms with Crippen LogP contribution in [-0.4, -0.2) is 22.3 Å². The zero-order valence-corrected chi connectivity index (χ0v) is 15.8. The summed E-state index contributed by atoms with van der Waals surface area (Å²) < 4.78 is 0.517. The molecule has 0 spiro atoms. The fraction of sp³-hybridized carbons (Fsp3) is 0.0476. The number of carbonyl (C=O) groups is 1. The molecule has 3 rings (SSSR count). The van der Waals surface area contributed by atoms with Gasteiger partial charge in [0.05, 0.1) is 10.7 Å². The second kappa shape index (κ2) is 8.16. The largest absolute Gasteiger partial charge is 0.507 e. The van der Waals surface area contributed by atoms with E-state index in [9.17, 15) is 15.0 Å². The van der Waals surface area contributed by atoms with Crippen LogP contribution in [-0.2, 0) is 10.4 Å². The molecule has 3 aromatic carbocycles. The molecule has 0 aromatic heterocycles. The third-order valence-electron chi connectivity index (χ3n) is 4.06. The van der Waals surface area contributed by atoms with Crippen LogP contribution in [0.2, 0.25) is 0 Å². The molecule has 0 unspecified atom stereocenters. The van der Waals surface area contributed by atoms with Crippen LogP contribution in [0.3, 0.4) is 0 Å². The van der Waals surface area contributed by atoms with Gasteiger partial charge in [-0.1, -0.05) is 60.7 Å². The standard InChI is InChI=1S/C21H17BrN2O3/c22-18-13-15(11-12-19(18)25)14-23-24-20(26)21(27,16-7-3-1-4-8-16)17-9-5-2-6-10-17/h1-14,25,27H,(H,24,26). The van der Waals surface area contributed by atoms with Crippen LogP contribution in [0.5, 0.6) is 5.75 Å². The molecule has 1 amide bonds. The first-order valence-corrected chi connectivity index (χ1v) is 8.96. The number of hydrazone groups is 1. The summed E-state index contributed by atoms with van der Waals surface area (Å²) in [5, 5.41) is 24.7. The predicted octanol–water partition coefficient (Wildman–Crippen LogP) is 3.54. The molecule has 0 aliphatic heterocycles. The molecule has 3 N–H and O–H groups in total. The van der Waals surface area contributed by atoms with E-state index in [2.05, 4.69) is 26.5 Å². The van der Waals surface area contributed by atoms with Gasteiger partial charge in [0.2, 0.25) is 0 Å². The molecular formula is C21H17BrN2O3. The molecule has 27 heavy (non-hydrogen) atoms. The van der Waals surface area contributed by atoms with Crippen molar-refractivity contribution in [3.8, 4) is 5.75 Å². The minimum absolute atomic E-state index is 0.110. The van der Waals surface area contributed by atoms with Crippen molar-refractivity contribution < 1.29 is 15.0 Å². The lowest BCUT2D eigenvalue weighted by Crippen LogP contribution is -2.43. The molecule has 0 saturated heterocycles. The average Bonchev–Trinajstić information content (AvgIpc) is 2.71. The number of benzene rings is 3. The van der Waals surface area contributed by atoms with E-state index < -0.39 is 11.5 Å². The summed E-state index contributed by atoms with van der Waals surface area (Å²) in [5.41, 5.74) is 2.08. The number of hydrogen-bond acceptors (Lipinski definition) is 4. The Hall–Kier alpha value is -2.96. The lowest BCUT2D eigenvalue weighted by atomic mass is 9.85. The Morgan fingerprint density at radius 1 is 0.963 bits per heavy atom. The maximum Gasteiger partial charge on any atom is 0.281 e. The first kappa shape index (κ1) is 18.8. The van der Waals surface area contributed by atoms with E-state index in [0.29, 0.717) is 21.2 Å². The monoisotopic (exact) mass is 424 g/mol. The van der Waals surface area contributed by atoms with Crippen LogP contribution < -0.4 is 5.43 Å². The highest BCUT2D eigenvalue weighted by Crippen LogP contribution is 2.30. The van der Waals surface area contributed by atoms with Crippen LogP contribution in [0.4, 0.5) is 0 Å². The van der Waals surface area contributed by atoms with E-state index in [1.165, 1.54) is 12.3 Å². The Bertz CT molecular complexity index is 920. The Labute approximate surface area is 165 Å². The van der Waals surface area contributed by atoms with Gasteiger partial charge in [-0.2, -0.15) is 5.10 Å². The zero-order valence-electron chi connectivity index (χ0n) is 14.2. The first-order chi connectivity index (χ1) is 13.0. The average molecular weight is 425 g/mol. The normalized spacial score (nSPS) is 11.5. The van der Waals surface area contributed by atoms with Crippen molar-refractivity contribution in [3.63, 3.8) is 0 Å². The summed E-state index contributed by atoms with van der Waals surface area (Å²) in [6.45, 7) is 0. The summed E-state index contributed by atoms with van der Waals surface area (Å²) in [6, 6.07) is 22.2. The molecule has 0 saturated carbocycles. The van der Waals surface area contributed by atoms with Gasteiger partial charge in [0.1, 0.15) is 5.75 Å². The summed E-state index contributed by atoms with van der Waals surface area (Å²) in [5.74, 6) is -0.562. The quantitative estimate of drug-likeness (QED) is 0.432. The lowest BCUT2D eigenvalue weighted by Gasteiger charge is -2.27. The predicted molar refractivity (Wildman–Crippen MR) is 107 cm³/mol. The first-order valence-electron chi connectivity index (χ1n) is 8.17. The number of phenols is 1. The van der Waals surface area contributed by atoms with E-state index in [-0.39, 0.29) is 5.75 Å². The molecule has 0 bridgehead atoms. The molecule has 0 aliphatic carbocycles. The van der Waals surface area contributed by atoms with Gasteiger partial charge in [0.25, 0.3) is 5.91 Å². The number of phenolic OH excluding ortho intramolecular Hbond substituents is 1. The van der Waals surface area contributed by atoms with Crippen LogP contribution in [0.25, 0.3) is 0 Å². The Morgan fingerprint density at radius 2 is 1.52 bits per heavy atom. The molecule has 0 aliphatic rings. The number of aromatic hydroxyl groups is 1. The van der Waals surface area contributed by atoms with E-state index in [0.717, 1.165) is 0 Å². The number of nitrogens with one attached hydrogen (secondary N) is 1. The molecule has 136 valence electrons. The van der Waals surface area contributed by atoms with E-state index in [1.807, 2.05) is 12.1 Å². The highest BCUT2D eigenvalue weighted by atomic mass is 79.9. The van der Waals surface area contributed by atoms with Crippen molar-refractivity contribution in [2.75, 3.05) is 0 Å². The second-order valence-corrected chi connectivity index (χ2v) is 6.71. The fourth-order valence-electron chi connectivity index (χ4n) is 2.64. The summed E-state index contributed by atoms with van der Waals surface area (Å²) in [4.78, 5) is 12.9. The van der Waals surface area contributed by atoms with Gasteiger partial charge in [-0.05, 0) is 50.8 Å². The molecule has 0 radical (unpaired) electrons. The minimum Gasteiger partial charge on any atom is -0.507 e. The van der Waals surface area contributed by atoms with Crippen LogP contribution in [0.15, 0.2) is 88.4 Å². The van der Waals surface area contributed by atoms with Gasteiger partial charge >= 0.3 is 0 Å². The zero-order chi connectivity index (χ0) is 19.3. The molecule has 3 aromatic rings. The second-order valence-electron chi connectivity index (χ2n) is 5.85. The highest BCUT2D eigenvalue weighted by molar-refractivity contribution is 9.10. The van der Waals surface area contributed by atoms with Crippen LogP contribution >= 0.6 is 15.9 Å². The van der Waals surface area contributed by atoms with Crippen molar-refractivity contribution in [2.45, 2.75) is 5.60 Å². The van der Waals surface area contributed by atoms with Gasteiger partial charge in [0, 0.05) is 0 Å². The summed E-state index contributed by atoms with van der Waals surface area (Å²) in [6.07, 6.45) is 1.43. The third kappa shape index (κ3) is 4.07. The SMILES string of the molecule is O=C(NN=Cc1ccc(O)c(Br)c1)C(O)(c1ccccc1)c1ccccc1. The van der Waals surface area contributed by atoms with Crippen LogP contribution in [0.1, 0.15) is 16.7 Å². The molecule has 0 fully saturated rings. The molecule has 5 nitrogen and oxygen atoms in total. The molecule has 0 atom stereocenters. The minimum atomic E-state index is -1.88. The Balaban J connectivity index is 1.88. The number of halogens is 1. The summed E-state index contributed by atoms with van der Waals surface area (Å²) >= 11 is 3.22. The van der Waals surface area contributed by atoms with E-state index in [4.69, 9.17) is 0 Å². The van der Waals surface area contributed by atoms with Crippen molar-refractivity contribution in [1.29, 1.82) is 0 Å². The smallest absolute Gasteiger partial charge is 0.281 e. The van der Waals surface area contributed by atoms with Crippen molar-refractivity contribution in [1.82, 2.24) is 5.43 Å². The van der Waals surface area contributed by atoms with Gasteiger partial charge in [-0.25, -0.2) is 5.43 Å². The number of nitrogens with zero attached hydrogens (tertiary/aromatic N) is 1. The summed E-state index contributed by atoms with van der Waals surface area (Å²) in [7, 11) is 0. The number of aliphatic hydroxyl groups is 1. The number of rotatable bonds is 5. The maximum atomic E-state index is 12.9. The molecular weight excluding hydrogens is 408 g/mol. The van der Waals surface area contributed by atoms with Crippen molar-refractivity contribution >= 4 is 28.1 Å². The van der Waals surface area contributed by atoms with Gasteiger partial charge in [0.15, 0.2) is 5.60 Å². The van der Waals surface area contributed by atoms with Crippen molar-refractivity contribution in [3.05, 3.63) is 100 Å². The number of hydrogen-bond donors (Lipinski definition) is 3.